The average Bonchev–Trinajstić information content (AvgIpc) is 2.02. The van der Waals surface area contributed by atoms with Gasteiger partial charge in [0.2, 0.25) is 0 Å². The van der Waals surface area contributed by atoms with Gasteiger partial charge >= 0.3 is 0 Å². The smallest absolute Gasteiger partial charge is 0.145 e. The van der Waals surface area contributed by atoms with E-state index in [0.29, 0.717) is 0 Å². The normalized spacial score (nSPS) is 13.2. The Morgan fingerprint density at radius 2 is 1.75 bits per heavy atom. The van der Waals surface area contributed by atoms with Gasteiger partial charge < -0.3 is 4.89 Å². The maximum Gasteiger partial charge on any atom is 0.145 e. The maximum atomic E-state index is 8.89. The van der Waals surface area contributed by atoms with Gasteiger partial charge in [-0.2, -0.15) is 0 Å². The highest BCUT2D eigenvalue weighted by molar-refractivity contribution is 8.81. The van der Waals surface area contributed by atoms with E-state index in [0.717, 1.165) is 5.75 Å². The quantitative estimate of drug-likeness (QED) is 0.367. The Balaban J connectivity index is 2.82. The first-order chi connectivity index (χ1) is 5.77. The van der Waals surface area contributed by atoms with Crippen LogP contribution in [0.5, 0.6) is 0 Å². The minimum atomic E-state index is -1.02. The predicted octanol–water partition coefficient (Wildman–Crippen LogP) is 4.23. The highest BCUT2D eigenvalue weighted by Crippen LogP contribution is 2.49. The summed E-state index contributed by atoms with van der Waals surface area (Å²) < 4.78 is 0. The molecule has 0 aliphatic rings. The van der Waals surface area contributed by atoms with E-state index in [1.165, 1.54) is 38.5 Å². The van der Waals surface area contributed by atoms with Gasteiger partial charge in [0.25, 0.3) is 0 Å². The summed E-state index contributed by atoms with van der Waals surface area (Å²) >= 11 is 5.52. The molecule has 74 valence electrons. The van der Waals surface area contributed by atoms with Crippen molar-refractivity contribution in [3.63, 3.8) is 0 Å². The Kier molecular flexibility index (Phi) is 11.1. The van der Waals surface area contributed by atoms with E-state index in [1.54, 1.807) is 11.4 Å². The number of hydrogen-bond acceptors (Lipinski definition) is 3. The zero-order valence-electron chi connectivity index (χ0n) is 7.70. The van der Waals surface area contributed by atoms with Crippen molar-refractivity contribution in [3.05, 3.63) is 0 Å². The average molecular weight is 226 g/mol. The van der Waals surface area contributed by atoms with Crippen molar-refractivity contribution in [1.82, 2.24) is 0 Å². The third kappa shape index (κ3) is 11.1. The second-order valence-electron chi connectivity index (χ2n) is 2.85. The van der Waals surface area contributed by atoms with Crippen molar-refractivity contribution < 1.29 is 4.89 Å². The van der Waals surface area contributed by atoms with Crippen LogP contribution in [-0.4, -0.2) is 10.6 Å². The van der Waals surface area contributed by atoms with Gasteiger partial charge in [-0.1, -0.05) is 50.4 Å². The zero-order valence-corrected chi connectivity index (χ0v) is 10.3. The third-order valence-corrected chi connectivity index (χ3v) is 4.69. The molecule has 12 heavy (non-hydrogen) atoms. The molecule has 0 saturated heterocycles. The van der Waals surface area contributed by atoms with Gasteiger partial charge in [0.05, 0.1) is 0 Å². The molecule has 1 atom stereocenters. The fourth-order valence-corrected chi connectivity index (χ4v) is 3.14. The van der Waals surface area contributed by atoms with Gasteiger partial charge in [-0.25, -0.2) is 0 Å². The van der Waals surface area contributed by atoms with Gasteiger partial charge in [0.1, 0.15) is 6.55 Å². The van der Waals surface area contributed by atoms with E-state index in [9.17, 15) is 0 Å². The van der Waals surface area contributed by atoms with E-state index >= 15 is 0 Å². The van der Waals surface area contributed by atoms with E-state index in [2.05, 4.69) is 19.2 Å². The van der Waals surface area contributed by atoms with Crippen LogP contribution >= 0.6 is 30.2 Å². The molecule has 4 heteroatoms. The van der Waals surface area contributed by atoms with Crippen molar-refractivity contribution >= 4 is 30.2 Å². The summed E-state index contributed by atoms with van der Waals surface area (Å²) in [6.45, 7) is 1.21. The third-order valence-electron chi connectivity index (χ3n) is 1.70. The van der Waals surface area contributed by atoms with Crippen LogP contribution in [0, 0.1) is 0 Å². The van der Waals surface area contributed by atoms with Crippen molar-refractivity contribution in [2.75, 3.05) is 5.75 Å². The molecule has 0 saturated carbocycles. The van der Waals surface area contributed by atoms with Gasteiger partial charge in [-0.05, 0) is 6.42 Å². The molecule has 0 aromatic heterocycles. The SMILES string of the molecule is CCCCCCCCSP(O)S. The Morgan fingerprint density at radius 3 is 2.33 bits per heavy atom. The summed E-state index contributed by atoms with van der Waals surface area (Å²) in [5.41, 5.74) is 0. The van der Waals surface area contributed by atoms with Crippen LogP contribution in [0.4, 0.5) is 0 Å². The molecule has 0 aliphatic carbocycles. The van der Waals surface area contributed by atoms with Crippen LogP contribution in [-0.2, 0) is 0 Å². The zero-order chi connectivity index (χ0) is 9.23. The Hall–Kier alpha value is 1.09. The highest BCUT2D eigenvalue weighted by Gasteiger charge is 1.96. The topological polar surface area (TPSA) is 20.2 Å². The summed E-state index contributed by atoms with van der Waals surface area (Å²) in [6.07, 6.45) is 7.94. The lowest BCUT2D eigenvalue weighted by molar-refractivity contribution is 0.627. The summed E-state index contributed by atoms with van der Waals surface area (Å²) in [5.74, 6) is 1.07. The van der Waals surface area contributed by atoms with Crippen LogP contribution < -0.4 is 0 Å². The number of unbranched alkanes of at least 4 members (excludes halogenated alkanes) is 5. The molecule has 0 aromatic carbocycles. The van der Waals surface area contributed by atoms with E-state index in [-0.39, 0.29) is 0 Å². The second kappa shape index (κ2) is 10.2. The van der Waals surface area contributed by atoms with Crippen LogP contribution in [0.3, 0.4) is 0 Å². The molecule has 0 heterocycles. The summed E-state index contributed by atoms with van der Waals surface area (Å²) in [6, 6.07) is 0. The van der Waals surface area contributed by atoms with Crippen molar-refractivity contribution in [3.8, 4) is 0 Å². The molecule has 1 N–H and O–H groups in total. The largest absolute Gasteiger partial charge is 0.355 e. The molecule has 0 radical (unpaired) electrons. The van der Waals surface area contributed by atoms with E-state index in [1.807, 2.05) is 0 Å². The first-order valence-corrected chi connectivity index (χ1v) is 8.62. The molecule has 0 spiro atoms. The Bertz CT molecular complexity index is 91.1. The number of thiol groups is 1. The van der Waals surface area contributed by atoms with Gasteiger partial charge in [0.15, 0.2) is 0 Å². The lowest BCUT2D eigenvalue weighted by Crippen LogP contribution is -1.80. The highest BCUT2D eigenvalue weighted by atomic mass is 33.1. The molecule has 1 nitrogen and oxygen atoms in total. The molecule has 0 amide bonds. The number of rotatable bonds is 8. The van der Waals surface area contributed by atoms with Crippen molar-refractivity contribution in [1.29, 1.82) is 0 Å². The molecular weight excluding hydrogens is 207 g/mol. The lowest BCUT2D eigenvalue weighted by atomic mass is 10.1. The fourth-order valence-electron chi connectivity index (χ4n) is 1.03. The molecule has 1 unspecified atom stereocenters. The summed E-state index contributed by atoms with van der Waals surface area (Å²) in [4.78, 5) is 8.89. The van der Waals surface area contributed by atoms with E-state index < -0.39 is 6.55 Å². The standard InChI is InChI=1S/C8H19OPS2/c1-2-3-4-5-6-7-8-12-10(9)11/h9,11H,2-8H2,1H3. The summed E-state index contributed by atoms with van der Waals surface area (Å²) in [7, 11) is 0. The van der Waals surface area contributed by atoms with Crippen LogP contribution in [0.25, 0.3) is 0 Å². The lowest BCUT2D eigenvalue weighted by Gasteiger charge is -2.02. The molecule has 0 aromatic rings. The first kappa shape index (κ1) is 13.1. The predicted molar refractivity (Wildman–Crippen MR) is 64.0 cm³/mol. The Morgan fingerprint density at radius 1 is 1.17 bits per heavy atom. The van der Waals surface area contributed by atoms with E-state index in [4.69, 9.17) is 4.89 Å². The minimum absolute atomic E-state index is 1.02. The molecule has 0 rings (SSSR count). The maximum absolute atomic E-state index is 8.89. The first-order valence-electron chi connectivity index (χ1n) is 4.58. The van der Waals surface area contributed by atoms with Crippen molar-refractivity contribution in [2.45, 2.75) is 45.4 Å². The summed E-state index contributed by atoms with van der Waals surface area (Å²) in [5, 5.41) is 0. The molecule has 0 fully saturated rings. The molecule has 0 bridgehead atoms. The monoisotopic (exact) mass is 226 g/mol. The van der Waals surface area contributed by atoms with Crippen molar-refractivity contribution in [2.24, 2.45) is 0 Å². The molecular formula is C8H19OPS2. The second-order valence-corrected chi connectivity index (χ2v) is 7.79. The Labute approximate surface area is 86.4 Å². The minimum Gasteiger partial charge on any atom is -0.355 e. The van der Waals surface area contributed by atoms with Gasteiger partial charge in [-0.15, -0.1) is 12.2 Å². The van der Waals surface area contributed by atoms with Gasteiger partial charge in [-0.3, -0.25) is 0 Å². The number of hydrogen-bond donors (Lipinski definition) is 2. The van der Waals surface area contributed by atoms with Crippen LogP contribution in [0.1, 0.15) is 45.4 Å². The molecule has 0 aliphatic heterocycles. The fraction of sp³-hybridized carbons (Fsp3) is 1.00. The van der Waals surface area contributed by atoms with Crippen LogP contribution in [0.2, 0.25) is 0 Å². The van der Waals surface area contributed by atoms with Crippen LogP contribution in [0.15, 0.2) is 0 Å². The van der Waals surface area contributed by atoms with Gasteiger partial charge in [0, 0.05) is 5.75 Å².